The molecular formula is C34H51N5O4S. The van der Waals surface area contributed by atoms with Crippen molar-refractivity contribution in [3.63, 3.8) is 0 Å². The molecule has 0 radical (unpaired) electrons. The van der Waals surface area contributed by atoms with E-state index in [2.05, 4.69) is 15.4 Å². The normalized spacial score (nSPS) is 15.2. The van der Waals surface area contributed by atoms with E-state index in [1.165, 1.54) is 0 Å². The number of nitrogens with one attached hydrogen (secondary N) is 3. The zero-order valence-corrected chi connectivity index (χ0v) is 28.7. The molecule has 0 aliphatic heterocycles. The third kappa shape index (κ3) is 9.33. The highest BCUT2D eigenvalue weighted by Gasteiger charge is 2.41. The Morgan fingerprint density at radius 1 is 0.955 bits per heavy atom. The van der Waals surface area contributed by atoms with Gasteiger partial charge in [-0.05, 0) is 48.6 Å². The summed E-state index contributed by atoms with van der Waals surface area (Å²) in [6.45, 7) is 15.6. The first kappa shape index (κ1) is 36.8. The maximum Gasteiger partial charge on any atom is 0.258 e. The smallest absolute Gasteiger partial charge is 0.258 e. The molecule has 2 rings (SSSR count). The Balaban J connectivity index is 2.28. The molecule has 4 atom stereocenters. The van der Waals surface area contributed by atoms with E-state index < -0.39 is 45.8 Å². The fraction of sp³-hybridized carbons (Fsp3) is 0.500. The molecule has 0 saturated carbocycles. The maximum absolute atomic E-state index is 14.1. The van der Waals surface area contributed by atoms with Crippen molar-refractivity contribution in [3.05, 3.63) is 77.4 Å². The van der Waals surface area contributed by atoms with E-state index in [4.69, 9.17) is 5.73 Å². The van der Waals surface area contributed by atoms with Gasteiger partial charge in [-0.2, -0.15) is 0 Å². The fourth-order valence-corrected chi connectivity index (χ4v) is 5.97. The van der Waals surface area contributed by atoms with E-state index in [0.717, 1.165) is 11.1 Å². The molecule has 0 fully saturated rings. The third-order valence-corrected chi connectivity index (χ3v) is 9.08. The molecule has 0 aromatic heterocycles. The number of likely N-dealkylation sites (N-methyl/N-ethyl adjacent to an activating group) is 2. The van der Waals surface area contributed by atoms with Crippen LogP contribution in [0, 0.1) is 11.3 Å². The minimum Gasteiger partial charge on any atom is -0.342 e. The van der Waals surface area contributed by atoms with Gasteiger partial charge < -0.3 is 21.3 Å². The summed E-state index contributed by atoms with van der Waals surface area (Å²) in [5.74, 6) is -1.11. The van der Waals surface area contributed by atoms with Crippen molar-refractivity contribution in [1.82, 2.24) is 20.3 Å². The van der Waals surface area contributed by atoms with Gasteiger partial charge in [0.2, 0.25) is 11.8 Å². The van der Waals surface area contributed by atoms with Gasteiger partial charge >= 0.3 is 0 Å². The lowest BCUT2D eigenvalue weighted by Crippen LogP contribution is -2.61. The second-order valence-electron chi connectivity index (χ2n) is 13.2. The number of benzene rings is 2. The Kier molecular flexibility index (Phi) is 13.1. The monoisotopic (exact) mass is 625 g/mol. The summed E-state index contributed by atoms with van der Waals surface area (Å²) in [7, 11) is 1.66. The largest absolute Gasteiger partial charge is 0.342 e. The fourth-order valence-electron chi connectivity index (χ4n) is 5.13. The molecular weight excluding hydrogens is 574 g/mol. The second-order valence-corrected chi connectivity index (χ2v) is 14.4. The van der Waals surface area contributed by atoms with Crippen LogP contribution in [0.4, 0.5) is 0 Å². The van der Waals surface area contributed by atoms with Gasteiger partial charge in [-0.1, -0.05) is 97.0 Å². The number of carbonyl (C=O) groups excluding carboxylic acids is 3. The van der Waals surface area contributed by atoms with Crippen molar-refractivity contribution in [2.24, 2.45) is 17.1 Å². The van der Waals surface area contributed by atoms with Crippen LogP contribution in [-0.4, -0.2) is 59.1 Å². The SMILES string of the molecule is CN[C@H](C(=O)N[C@H](C(=O)N(C)[C@H](/C=C(\C)C(=O)NS(=O)c1ccc(CN)cc1)C(C)C)C(C)(C)C)C(C)(C)c1ccccc1. The first-order valence-electron chi connectivity index (χ1n) is 15.0. The number of nitrogens with two attached hydrogens (primary N) is 1. The Morgan fingerprint density at radius 3 is 2.00 bits per heavy atom. The Morgan fingerprint density at radius 2 is 1.52 bits per heavy atom. The van der Waals surface area contributed by atoms with Crippen LogP contribution in [0.3, 0.4) is 0 Å². The lowest BCUT2D eigenvalue weighted by atomic mass is 9.76. The highest BCUT2D eigenvalue weighted by molar-refractivity contribution is 7.83. The predicted octanol–water partition coefficient (Wildman–Crippen LogP) is 3.81. The quantitative estimate of drug-likeness (QED) is 0.250. The second kappa shape index (κ2) is 15.6. The maximum atomic E-state index is 14.1. The highest BCUT2D eigenvalue weighted by atomic mass is 32.2. The third-order valence-electron chi connectivity index (χ3n) is 8.01. The van der Waals surface area contributed by atoms with E-state index >= 15 is 0 Å². The van der Waals surface area contributed by atoms with Crippen LogP contribution in [-0.2, 0) is 37.3 Å². The molecule has 0 heterocycles. The van der Waals surface area contributed by atoms with Gasteiger partial charge in [0.15, 0.2) is 11.0 Å². The number of nitrogens with zero attached hydrogens (tertiary/aromatic N) is 1. The molecule has 2 aromatic rings. The standard InChI is InChI=1S/C34H51N5O4S/c1-22(2)27(20-23(3)30(40)38-44(43)26-18-16-24(21-35)17-19-26)39(10)32(42)29(33(4,5)6)37-31(41)28(36-9)34(7,8)25-14-12-11-13-15-25/h11-20,22,27-29,36H,21,35H2,1-10H3,(H,37,41)(H,38,40)/b23-20+/t27-,28-,29-,44?/m1/s1. The Bertz CT molecular complexity index is 1330. The van der Waals surface area contributed by atoms with Crippen LogP contribution in [0.5, 0.6) is 0 Å². The summed E-state index contributed by atoms with van der Waals surface area (Å²) in [5.41, 5.74) is 6.69. The van der Waals surface area contributed by atoms with Gasteiger partial charge in [-0.25, -0.2) is 4.21 Å². The molecule has 0 spiro atoms. The topological polar surface area (TPSA) is 134 Å². The number of hydrogen-bond donors (Lipinski definition) is 4. The van der Waals surface area contributed by atoms with Crippen molar-refractivity contribution >= 4 is 28.7 Å². The molecule has 44 heavy (non-hydrogen) atoms. The molecule has 0 aliphatic rings. The zero-order valence-electron chi connectivity index (χ0n) is 27.9. The van der Waals surface area contributed by atoms with Crippen LogP contribution < -0.4 is 21.1 Å². The molecule has 0 bridgehead atoms. The van der Waals surface area contributed by atoms with Gasteiger partial charge in [0.25, 0.3) is 5.91 Å². The van der Waals surface area contributed by atoms with Gasteiger partial charge in [-0.3, -0.25) is 19.1 Å². The molecule has 0 saturated heterocycles. The van der Waals surface area contributed by atoms with Gasteiger partial charge in [0.05, 0.1) is 17.0 Å². The van der Waals surface area contributed by atoms with Crippen LogP contribution in [0.15, 0.2) is 71.1 Å². The van der Waals surface area contributed by atoms with Gasteiger partial charge in [-0.15, -0.1) is 0 Å². The van der Waals surface area contributed by atoms with Crippen LogP contribution in [0.25, 0.3) is 0 Å². The van der Waals surface area contributed by atoms with Crippen molar-refractivity contribution in [3.8, 4) is 0 Å². The van der Waals surface area contributed by atoms with Crippen molar-refractivity contribution in [1.29, 1.82) is 0 Å². The van der Waals surface area contributed by atoms with Crippen molar-refractivity contribution in [2.75, 3.05) is 14.1 Å². The highest BCUT2D eigenvalue weighted by Crippen LogP contribution is 2.29. The first-order chi connectivity index (χ1) is 20.4. The molecule has 0 aliphatic carbocycles. The van der Waals surface area contributed by atoms with Crippen LogP contribution >= 0.6 is 0 Å². The van der Waals surface area contributed by atoms with Crippen LogP contribution in [0.1, 0.15) is 66.5 Å². The van der Waals surface area contributed by atoms with Crippen LogP contribution in [0.2, 0.25) is 0 Å². The zero-order chi connectivity index (χ0) is 33.4. The number of hydrogen-bond acceptors (Lipinski definition) is 6. The Labute approximate surface area is 266 Å². The van der Waals surface area contributed by atoms with E-state index in [1.54, 1.807) is 56.3 Å². The number of amides is 3. The predicted molar refractivity (Wildman–Crippen MR) is 178 cm³/mol. The van der Waals surface area contributed by atoms with E-state index in [9.17, 15) is 18.6 Å². The molecule has 5 N–H and O–H groups in total. The summed E-state index contributed by atoms with van der Waals surface area (Å²) >= 11 is 0. The van der Waals surface area contributed by atoms with Crippen molar-refractivity contribution in [2.45, 2.75) is 90.4 Å². The average molecular weight is 626 g/mol. The lowest BCUT2D eigenvalue weighted by Gasteiger charge is -2.40. The number of carbonyl (C=O) groups is 3. The molecule has 9 nitrogen and oxygen atoms in total. The number of rotatable bonds is 13. The Hall–Kier alpha value is -3.34. The summed E-state index contributed by atoms with van der Waals surface area (Å²) < 4.78 is 15.3. The summed E-state index contributed by atoms with van der Waals surface area (Å²) in [4.78, 5) is 42.9. The molecule has 1 unspecified atom stereocenters. The summed E-state index contributed by atoms with van der Waals surface area (Å²) in [5, 5.41) is 6.20. The molecule has 2 aromatic carbocycles. The summed E-state index contributed by atoms with van der Waals surface area (Å²) in [6, 6.07) is 14.8. The van der Waals surface area contributed by atoms with Gasteiger partial charge in [0, 0.05) is 24.6 Å². The molecule has 10 heteroatoms. The molecule has 3 amide bonds. The van der Waals surface area contributed by atoms with E-state index in [0.29, 0.717) is 17.0 Å². The molecule has 242 valence electrons. The minimum absolute atomic E-state index is 0.0561. The first-order valence-corrected chi connectivity index (χ1v) is 16.1. The lowest BCUT2D eigenvalue weighted by molar-refractivity contribution is -0.140. The average Bonchev–Trinajstić information content (AvgIpc) is 2.97. The van der Waals surface area contributed by atoms with E-state index in [-0.39, 0.29) is 17.7 Å². The summed E-state index contributed by atoms with van der Waals surface area (Å²) in [6.07, 6.45) is 1.71. The minimum atomic E-state index is -1.76. The van der Waals surface area contributed by atoms with Gasteiger partial charge in [0.1, 0.15) is 6.04 Å². The van der Waals surface area contributed by atoms with Crippen molar-refractivity contribution < 1.29 is 18.6 Å². The van der Waals surface area contributed by atoms with E-state index in [1.807, 2.05) is 78.8 Å².